The fourth-order valence-electron chi connectivity index (χ4n) is 2.14. The first-order valence-corrected chi connectivity index (χ1v) is 7.20. The molecule has 5 nitrogen and oxygen atoms in total. The number of carbonyl (C=O) groups excluding carboxylic acids is 1. The lowest BCUT2D eigenvalue weighted by Gasteiger charge is -2.13. The van der Waals surface area contributed by atoms with E-state index in [0.717, 1.165) is 19.4 Å². The van der Waals surface area contributed by atoms with E-state index in [4.69, 9.17) is 26.3 Å². The zero-order valence-electron chi connectivity index (χ0n) is 11.5. The van der Waals surface area contributed by atoms with Gasteiger partial charge in [0.1, 0.15) is 12.6 Å². The fraction of sp³-hybridized carbons (Fsp3) is 0.467. The molecule has 1 amide bonds. The molecule has 1 N–H and O–H groups in total. The first kappa shape index (κ1) is 15.8. The van der Waals surface area contributed by atoms with Gasteiger partial charge in [0.15, 0.2) is 0 Å². The van der Waals surface area contributed by atoms with Crippen molar-refractivity contribution in [2.75, 3.05) is 19.8 Å². The third-order valence-electron chi connectivity index (χ3n) is 3.18. The number of nitrogens with one attached hydrogen (secondary N) is 1. The molecular formula is C15H17ClN2O3. The maximum atomic E-state index is 11.8. The van der Waals surface area contributed by atoms with Gasteiger partial charge >= 0.3 is 0 Å². The minimum absolute atomic E-state index is 0.0810. The Bertz CT molecular complexity index is 524. The molecule has 0 radical (unpaired) electrons. The second-order valence-corrected chi connectivity index (χ2v) is 5.27. The molecule has 1 heterocycles. The van der Waals surface area contributed by atoms with Gasteiger partial charge in [-0.15, -0.1) is 0 Å². The summed E-state index contributed by atoms with van der Waals surface area (Å²) in [5.41, 5.74) is 0.650. The topological polar surface area (TPSA) is 71.4 Å². The van der Waals surface area contributed by atoms with Gasteiger partial charge in [-0.25, -0.2) is 0 Å². The van der Waals surface area contributed by atoms with Crippen LogP contribution in [0.1, 0.15) is 24.4 Å². The molecule has 1 fully saturated rings. The summed E-state index contributed by atoms with van der Waals surface area (Å²) in [6.07, 6.45) is 2.08. The van der Waals surface area contributed by atoms with E-state index in [-0.39, 0.29) is 18.6 Å². The Hall–Kier alpha value is -1.61. The number of rotatable bonds is 6. The highest BCUT2D eigenvalue weighted by molar-refractivity contribution is 6.30. The first-order valence-electron chi connectivity index (χ1n) is 6.83. The van der Waals surface area contributed by atoms with Crippen LogP contribution < -0.4 is 5.32 Å². The van der Waals surface area contributed by atoms with Gasteiger partial charge in [-0.2, -0.15) is 5.26 Å². The molecule has 1 aliphatic heterocycles. The Labute approximate surface area is 128 Å². The van der Waals surface area contributed by atoms with Gasteiger partial charge < -0.3 is 14.8 Å². The molecule has 112 valence electrons. The van der Waals surface area contributed by atoms with E-state index in [9.17, 15) is 4.79 Å². The molecule has 0 saturated carbocycles. The zero-order valence-corrected chi connectivity index (χ0v) is 12.3. The van der Waals surface area contributed by atoms with Crippen molar-refractivity contribution in [3.63, 3.8) is 0 Å². The van der Waals surface area contributed by atoms with E-state index in [1.54, 1.807) is 24.3 Å². The molecule has 2 rings (SSSR count). The second-order valence-electron chi connectivity index (χ2n) is 4.83. The highest BCUT2D eigenvalue weighted by atomic mass is 35.5. The summed E-state index contributed by atoms with van der Waals surface area (Å²) in [6, 6.07) is 8.15. The van der Waals surface area contributed by atoms with Crippen molar-refractivity contribution in [3.8, 4) is 6.07 Å². The quantitative estimate of drug-likeness (QED) is 0.874. The van der Waals surface area contributed by atoms with E-state index in [0.29, 0.717) is 17.2 Å². The largest absolute Gasteiger partial charge is 0.376 e. The normalized spacial score (nSPS) is 19.0. The SMILES string of the molecule is N#C[C@@H](NC(=O)COC[C@H]1CCCO1)c1cccc(Cl)c1. The van der Waals surface area contributed by atoms with Crippen molar-refractivity contribution in [2.45, 2.75) is 25.0 Å². The van der Waals surface area contributed by atoms with Crippen molar-refractivity contribution in [1.29, 1.82) is 5.26 Å². The molecule has 0 bridgehead atoms. The first-order chi connectivity index (χ1) is 10.2. The van der Waals surface area contributed by atoms with Crippen molar-refractivity contribution in [1.82, 2.24) is 5.32 Å². The third-order valence-corrected chi connectivity index (χ3v) is 3.41. The number of halogens is 1. The average molecular weight is 309 g/mol. The van der Waals surface area contributed by atoms with Crippen LogP contribution in [0.5, 0.6) is 0 Å². The summed E-state index contributed by atoms with van der Waals surface area (Å²) in [5, 5.41) is 12.3. The molecule has 6 heteroatoms. The lowest BCUT2D eigenvalue weighted by molar-refractivity contribution is -0.127. The standard InChI is InChI=1S/C15H17ClN2O3/c16-12-4-1-3-11(7-12)14(8-17)18-15(19)10-20-9-13-5-2-6-21-13/h1,3-4,7,13-14H,2,5-6,9-10H2,(H,18,19)/t13-,14-/m1/s1. The maximum absolute atomic E-state index is 11.8. The van der Waals surface area contributed by atoms with Crippen LogP contribution in [0.25, 0.3) is 0 Å². The fourth-order valence-corrected chi connectivity index (χ4v) is 2.34. The molecule has 0 unspecified atom stereocenters. The predicted octanol–water partition coefficient (Wildman–Crippen LogP) is 2.22. The Morgan fingerprint density at radius 3 is 3.14 bits per heavy atom. The van der Waals surface area contributed by atoms with Gasteiger partial charge in [-0.05, 0) is 30.5 Å². The van der Waals surface area contributed by atoms with Gasteiger partial charge in [0.25, 0.3) is 0 Å². The average Bonchev–Trinajstić information content (AvgIpc) is 2.98. The van der Waals surface area contributed by atoms with Gasteiger partial charge in [0.05, 0.1) is 18.8 Å². The number of nitriles is 1. The van der Waals surface area contributed by atoms with E-state index in [1.165, 1.54) is 0 Å². The molecule has 21 heavy (non-hydrogen) atoms. The molecular weight excluding hydrogens is 292 g/mol. The molecule has 1 aromatic rings. The number of carbonyl (C=O) groups is 1. The Morgan fingerprint density at radius 2 is 2.48 bits per heavy atom. The summed E-state index contributed by atoms with van der Waals surface area (Å²) in [7, 11) is 0. The van der Waals surface area contributed by atoms with E-state index < -0.39 is 6.04 Å². The van der Waals surface area contributed by atoms with Crippen molar-refractivity contribution >= 4 is 17.5 Å². The third kappa shape index (κ3) is 5.01. The number of nitrogens with zero attached hydrogens (tertiary/aromatic N) is 1. The van der Waals surface area contributed by atoms with Crippen LogP contribution in [0, 0.1) is 11.3 Å². The molecule has 1 saturated heterocycles. The molecule has 1 aromatic carbocycles. The lowest BCUT2D eigenvalue weighted by atomic mass is 10.1. The van der Waals surface area contributed by atoms with Crippen LogP contribution in [-0.4, -0.2) is 31.8 Å². The second kappa shape index (κ2) is 7.99. The van der Waals surface area contributed by atoms with E-state index >= 15 is 0 Å². The van der Waals surface area contributed by atoms with Crippen molar-refractivity contribution < 1.29 is 14.3 Å². The van der Waals surface area contributed by atoms with E-state index in [2.05, 4.69) is 5.32 Å². The predicted molar refractivity (Wildman–Crippen MR) is 77.7 cm³/mol. The van der Waals surface area contributed by atoms with Crippen LogP contribution in [0.2, 0.25) is 5.02 Å². The molecule has 2 atom stereocenters. The highest BCUT2D eigenvalue weighted by Crippen LogP contribution is 2.17. The molecule has 0 aromatic heterocycles. The van der Waals surface area contributed by atoms with Gasteiger partial charge in [0.2, 0.25) is 5.91 Å². The minimum Gasteiger partial charge on any atom is -0.376 e. The number of hydrogen-bond acceptors (Lipinski definition) is 4. The lowest BCUT2D eigenvalue weighted by Crippen LogP contribution is -2.32. The van der Waals surface area contributed by atoms with Crippen LogP contribution in [0.15, 0.2) is 24.3 Å². The molecule has 0 aliphatic carbocycles. The van der Waals surface area contributed by atoms with Crippen molar-refractivity contribution in [2.24, 2.45) is 0 Å². The van der Waals surface area contributed by atoms with Crippen LogP contribution in [-0.2, 0) is 14.3 Å². The van der Waals surface area contributed by atoms with E-state index in [1.807, 2.05) is 6.07 Å². The van der Waals surface area contributed by atoms with Gasteiger partial charge in [-0.3, -0.25) is 4.79 Å². The molecule has 0 spiro atoms. The number of amides is 1. The number of benzene rings is 1. The minimum atomic E-state index is -0.734. The Kier molecular flexibility index (Phi) is 6.00. The van der Waals surface area contributed by atoms with Crippen LogP contribution in [0.4, 0.5) is 0 Å². The van der Waals surface area contributed by atoms with Crippen molar-refractivity contribution in [3.05, 3.63) is 34.9 Å². The molecule has 1 aliphatic rings. The summed E-state index contributed by atoms with van der Waals surface area (Å²) >= 11 is 5.88. The van der Waals surface area contributed by atoms with Gasteiger partial charge in [-0.1, -0.05) is 23.7 Å². The summed E-state index contributed by atoms with van der Waals surface area (Å²) in [5.74, 6) is -0.334. The Balaban J connectivity index is 1.78. The summed E-state index contributed by atoms with van der Waals surface area (Å²) in [4.78, 5) is 11.8. The number of ether oxygens (including phenoxy) is 2. The van der Waals surface area contributed by atoms with Crippen LogP contribution in [0.3, 0.4) is 0 Å². The van der Waals surface area contributed by atoms with Gasteiger partial charge in [0, 0.05) is 11.6 Å². The smallest absolute Gasteiger partial charge is 0.247 e. The van der Waals surface area contributed by atoms with Crippen LogP contribution >= 0.6 is 11.6 Å². The number of hydrogen-bond donors (Lipinski definition) is 1. The summed E-state index contributed by atoms with van der Waals surface area (Å²) in [6.45, 7) is 1.08. The Morgan fingerprint density at radius 1 is 1.62 bits per heavy atom. The highest BCUT2D eigenvalue weighted by Gasteiger charge is 2.17. The monoisotopic (exact) mass is 308 g/mol. The zero-order chi connectivity index (χ0) is 15.1. The maximum Gasteiger partial charge on any atom is 0.247 e. The summed E-state index contributed by atoms with van der Waals surface area (Å²) < 4.78 is 10.7.